The normalized spacial score (nSPS) is 24.5. The third-order valence-electron chi connectivity index (χ3n) is 6.48. The zero-order chi connectivity index (χ0) is 22.0. The van der Waals surface area contributed by atoms with Crippen LogP contribution in [0.4, 0.5) is 14.6 Å². The van der Waals surface area contributed by atoms with Crippen molar-refractivity contribution in [1.29, 1.82) is 0 Å². The minimum atomic E-state index is -0.711. The summed E-state index contributed by atoms with van der Waals surface area (Å²) in [5, 5.41) is 7.65. The maximum atomic E-state index is 14.8. The number of nitrogens with zero attached hydrogens (tertiary/aromatic N) is 4. The molecule has 1 aromatic carbocycles. The Morgan fingerprint density at radius 1 is 1.22 bits per heavy atom. The highest BCUT2D eigenvalue weighted by molar-refractivity contribution is 5.75. The van der Waals surface area contributed by atoms with Gasteiger partial charge < -0.3 is 19.7 Å². The lowest BCUT2D eigenvalue weighted by Gasteiger charge is -2.39. The van der Waals surface area contributed by atoms with Crippen LogP contribution in [0.5, 0.6) is 11.5 Å². The van der Waals surface area contributed by atoms with E-state index in [2.05, 4.69) is 21.9 Å². The lowest BCUT2D eigenvalue weighted by atomic mass is 10.1. The molecule has 3 aliphatic rings. The van der Waals surface area contributed by atoms with E-state index in [1.54, 1.807) is 10.7 Å². The Kier molecular flexibility index (Phi) is 4.28. The first-order chi connectivity index (χ1) is 15.5. The number of aromatic nitrogens is 3. The van der Waals surface area contributed by atoms with Gasteiger partial charge in [0, 0.05) is 23.9 Å². The third kappa shape index (κ3) is 2.98. The van der Waals surface area contributed by atoms with E-state index in [9.17, 15) is 8.78 Å². The highest BCUT2D eigenvalue weighted by Gasteiger charge is 2.41. The van der Waals surface area contributed by atoms with Crippen LogP contribution in [0.3, 0.4) is 0 Å². The number of hydrogen-bond acceptors (Lipinski definition) is 6. The van der Waals surface area contributed by atoms with Gasteiger partial charge in [-0.05, 0) is 32.3 Å². The van der Waals surface area contributed by atoms with Gasteiger partial charge in [0.15, 0.2) is 28.8 Å². The second-order valence-corrected chi connectivity index (χ2v) is 8.70. The molecule has 0 spiro atoms. The quantitative estimate of drug-likeness (QED) is 0.577. The molecule has 2 aliphatic heterocycles. The number of anilines is 1. The fraction of sp³-hybridized carbons (Fsp3) is 0.391. The van der Waals surface area contributed by atoms with Crippen LogP contribution >= 0.6 is 0 Å². The summed E-state index contributed by atoms with van der Waals surface area (Å²) in [5.74, 6) is -0.0323. The Morgan fingerprint density at radius 2 is 2.09 bits per heavy atom. The number of fused-ring (bicyclic) bond motifs is 3. The Bertz CT molecular complexity index is 1240. The van der Waals surface area contributed by atoms with Gasteiger partial charge in [0.25, 0.3) is 0 Å². The summed E-state index contributed by atoms with van der Waals surface area (Å²) in [6.45, 7) is 6.60. The molecule has 166 valence electrons. The van der Waals surface area contributed by atoms with E-state index in [-0.39, 0.29) is 30.5 Å². The first-order valence-electron chi connectivity index (χ1n) is 10.9. The largest absolute Gasteiger partial charge is 0.485 e. The first-order valence-corrected chi connectivity index (χ1v) is 10.9. The van der Waals surface area contributed by atoms with Gasteiger partial charge >= 0.3 is 0 Å². The molecule has 0 amide bonds. The maximum Gasteiger partial charge on any atom is 0.180 e. The lowest BCUT2D eigenvalue weighted by Crippen LogP contribution is -2.47. The van der Waals surface area contributed by atoms with Crippen molar-refractivity contribution >= 4 is 17.2 Å². The van der Waals surface area contributed by atoms with Crippen molar-refractivity contribution in [2.45, 2.75) is 51.0 Å². The zero-order valence-electron chi connectivity index (χ0n) is 17.6. The molecule has 4 heterocycles. The SMILES string of the molecule is C=C1NC[C@H](C)Oc2c(F)cc(F)cc2CN2c3nc4c1cnn4cc3O[C@H]1CCC[C@H]12. The molecule has 6 rings (SSSR count). The second-order valence-electron chi connectivity index (χ2n) is 8.70. The Morgan fingerprint density at radius 3 is 2.97 bits per heavy atom. The van der Waals surface area contributed by atoms with E-state index in [0.717, 1.165) is 30.9 Å². The van der Waals surface area contributed by atoms with Crippen molar-refractivity contribution in [3.63, 3.8) is 0 Å². The van der Waals surface area contributed by atoms with E-state index < -0.39 is 11.6 Å². The third-order valence-corrected chi connectivity index (χ3v) is 6.48. The van der Waals surface area contributed by atoms with Crippen molar-refractivity contribution in [3.8, 4) is 11.5 Å². The Labute approximate surface area is 183 Å². The monoisotopic (exact) mass is 439 g/mol. The zero-order valence-corrected chi connectivity index (χ0v) is 17.6. The summed E-state index contributed by atoms with van der Waals surface area (Å²) in [4.78, 5) is 7.01. The molecule has 2 aromatic heterocycles. The van der Waals surface area contributed by atoms with Crippen molar-refractivity contribution in [2.75, 3.05) is 11.4 Å². The van der Waals surface area contributed by atoms with Gasteiger partial charge in [-0.25, -0.2) is 18.3 Å². The van der Waals surface area contributed by atoms with E-state index in [4.69, 9.17) is 14.5 Å². The van der Waals surface area contributed by atoms with Crippen LogP contribution < -0.4 is 19.7 Å². The van der Waals surface area contributed by atoms with Gasteiger partial charge in [-0.1, -0.05) is 6.58 Å². The smallest absolute Gasteiger partial charge is 0.180 e. The fourth-order valence-corrected chi connectivity index (χ4v) is 4.95. The molecule has 0 radical (unpaired) electrons. The van der Waals surface area contributed by atoms with E-state index in [1.807, 2.05) is 13.1 Å². The van der Waals surface area contributed by atoms with Crippen LogP contribution in [0.15, 0.2) is 31.1 Å². The molecule has 0 saturated heterocycles. The van der Waals surface area contributed by atoms with E-state index in [1.165, 1.54) is 6.07 Å². The van der Waals surface area contributed by atoms with Gasteiger partial charge in [-0.15, -0.1) is 0 Å². The van der Waals surface area contributed by atoms with Crippen LogP contribution in [0, 0.1) is 11.6 Å². The molecule has 1 saturated carbocycles. The summed E-state index contributed by atoms with van der Waals surface area (Å²) in [7, 11) is 0. The van der Waals surface area contributed by atoms with Crippen molar-refractivity contribution in [1.82, 2.24) is 19.9 Å². The number of rotatable bonds is 0. The van der Waals surface area contributed by atoms with E-state index in [0.29, 0.717) is 35.0 Å². The average molecular weight is 439 g/mol. The summed E-state index contributed by atoms with van der Waals surface area (Å²) in [6.07, 6.45) is 5.99. The molecule has 9 heteroatoms. The summed E-state index contributed by atoms with van der Waals surface area (Å²) < 4.78 is 43.0. The number of halogens is 2. The van der Waals surface area contributed by atoms with Crippen molar-refractivity contribution < 1.29 is 18.3 Å². The predicted molar refractivity (Wildman–Crippen MR) is 115 cm³/mol. The van der Waals surface area contributed by atoms with Crippen LogP contribution in [0.2, 0.25) is 0 Å². The minimum Gasteiger partial charge on any atom is -0.485 e. The Balaban J connectivity index is 1.57. The molecule has 3 aromatic rings. The molecular formula is C23H23F2N5O2. The lowest BCUT2D eigenvalue weighted by molar-refractivity contribution is 0.167. The Hall–Kier alpha value is -3.36. The maximum absolute atomic E-state index is 14.8. The number of benzene rings is 1. The molecule has 7 nitrogen and oxygen atoms in total. The molecular weight excluding hydrogens is 416 g/mol. The van der Waals surface area contributed by atoms with Crippen LogP contribution in [0.25, 0.3) is 11.3 Å². The van der Waals surface area contributed by atoms with Crippen molar-refractivity contribution in [3.05, 3.63) is 53.9 Å². The molecule has 1 aliphatic carbocycles. The van der Waals surface area contributed by atoms with Gasteiger partial charge in [0.2, 0.25) is 0 Å². The average Bonchev–Trinajstić information content (AvgIpc) is 3.39. The predicted octanol–water partition coefficient (Wildman–Crippen LogP) is 3.67. The fourth-order valence-electron chi connectivity index (χ4n) is 4.95. The molecule has 2 bridgehead atoms. The number of hydrogen-bond donors (Lipinski definition) is 1. The summed E-state index contributed by atoms with van der Waals surface area (Å²) >= 11 is 0. The molecule has 3 atom stereocenters. The molecule has 1 N–H and O–H groups in total. The van der Waals surface area contributed by atoms with Crippen LogP contribution in [-0.2, 0) is 6.54 Å². The second kappa shape index (κ2) is 7.08. The highest BCUT2D eigenvalue weighted by Crippen LogP contribution is 2.43. The van der Waals surface area contributed by atoms with Gasteiger partial charge in [-0.2, -0.15) is 5.10 Å². The standard InChI is InChI=1S/C23H23F2N5O2/c1-12-8-26-13(2)16-9-27-30-11-20-23(28-22(16)30)29(18-4-3-5-19(18)32-20)10-14-6-15(24)7-17(25)21(14)31-12/h6-7,9,11-12,18-19,26H,2-5,8,10H2,1H3/t12-,18+,19-/m0/s1. The van der Waals surface area contributed by atoms with Gasteiger partial charge in [-0.3, -0.25) is 0 Å². The van der Waals surface area contributed by atoms with Gasteiger partial charge in [0.1, 0.15) is 18.0 Å². The summed E-state index contributed by atoms with van der Waals surface area (Å²) in [6, 6.07) is 2.27. The van der Waals surface area contributed by atoms with Gasteiger partial charge in [0.05, 0.1) is 30.5 Å². The van der Waals surface area contributed by atoms with Crippen molar-refractivity contribution in [2.24, 2.45) is 0 Å². The first kappa shape index (κ1) is 19.3. The number of nitrogens with one attached hydrogen (secondary N) is 1. The summed E-state index contributed by atoms with van der Waals surface area (Å²) in [5.41, 5.74) is 2.50. The van der Waals surface area contributed by atoms with Crippen LogP contribution in [-0.4, -0.2) is 39.4 Å². The minimum absolute atomic E-state index is 0.00852. The highest BCUT2D eigenvalue weighted by atomic mass is 19.1. The topological polar surface area (TPSA) is 63.9 Å². The number of ether oxygens (including phenoxy) is 2. The molecule has 0 unspecified atom stereocenters. The molecule has 32 heavy (non-hydrogen) atoms. The van der Waals surface area contributed by atoms with Crippen LogP contribution in [0.1, 0.15) is 37.3 Å². The molecule has 1 fully saturated rings. The van der Waals surface area contributed by atoms with E-state index >= 15 is 0 Å².